The molecule has 0 spiro atoms. The van der Waals surface area contributed by atoms with Crippen molar-refractivity contribution in [2.24, 2.45) is 0 Å². The van der Waals surface area contributed by atoms with Gasteiger partial charge in [0.15, 0.2) is 0 Å². The highest BCUT2D eigenvalue weighted by atomic mass is 35.5. The summed E-state index contributed by atoms with van der Waals surface area (Å²) < 4.78 is 76.0. The number of rotatable bonds is 2. The first-order valence-corrected chi connectivity index (χ1v) is 5.38. The fourth-order valence-electron chi connectivity index (χ4n) is 1.74. The fourth-order valence-corrected chi connectivity index (χ4v) is 1.96. The van der Waals surface area contributed by atoms with Crippen LogP contribution in [0.1, 0.15) is 34.0 Å². The number of carbonyl (C=O) groups is 1. The number of halogens is 7. The van der Waals surface area contributed by atoms with Crippen molar-refractivity contribution in [2.75, 3.05) is 0 Å². The summed E-state index contributed by atoms with van der Waals surface area (Å²) in [6.45, 7) is 1.22. The molecule has 0 amide bonds. The van der Waals surface area contributed by atoms with Crippen molar-refractivity contribution in [3.63, 3.8) is 0 Å². The number of hydrogen-bond donors (Lipinski definition) is 0. The molecule has 0 saturated carbocycles. The number of hydrogen-bond acceptors (Lipinski definition) is 1. The maximum absolute atomic E-state index is 12.7. The van der Waals surface area contributed by atoms with E-state index in [1.165, 1.54) is 6.92 Å². The summed E-state index contributed by atoms with van der Waals surface area (Å²) in [6.07, 6.45) is -10.2. The zero-order valence-corrected chi connectivity index (χ0v) is 10.2. The van der Waals surface area contributed by atoms with Crippen molar-refractivity contribution in [1.29, 1.82) is 0 Å². The molecule has 0 radical (unpaired) electrons. The van der Waals surface area contributed by atoms with E-state index >= 15 is 0 Å². The molecule has 1 nitrogen and oxygen atoms in total. The standard InChI is InChI=1S/C11H7ClF6O/c1-2-5-6(10(13,14)15)3-4-7(11(16,17)18)8(5)9(12)19/h3-4H,2H2,1H3. The van der Waals surface area contributed by atoms with Gasteiger partial charge >= 0.3 is 12.4 Å². The van der Waals surface area contributed by atoms with E-state index in [4.69, 9.17) is 11.6 Å². The van der Waals surface area contributed by atoms with Crippen molar-refractivity contribution in [3.8, 4) is 0 Å². The molecule has 0 heterocycles. The lowest BCUT2D eigenvalue weighted by Gasteiger charge is -2.18. The van der Waals surface area contributed by atoms with Gasteiger partial charge in [-0.05, 0) is 35.7 Å². The van der Waals surface area contributed by atoms with Crippen LogP contribution in [0, 0.1) is 0 Å². The average Bonchev–Trinajstić information content (AvgIpc) is 2.24. The molecule has 106 valence electrons. The number of alkyl halides is 6. The molecule has 8 heteroatoms. The predicted molar refractivity (Wildman–Crippen MR) is 56.0 cm³/mol. The maximum atomic E-state index is 12.7. The van der Waals surface area contributed by atoms with Crippen LogP contribution in [0.5, 0.6) is 0 Å². The Morgan fingerprint density at radius 3 is 1.79 bits per heavy atom. The summed E-state index contributed by atoms with van der Waals surface area (Å²) in [7, 11) is 0. The maximum Gasteiger partial charge on any atom is 0.417 e. The first-order valence-electron chi connectivity index (χ1n) is 5.00. The Hall–Kier alpha value is -1.24. The molecule has 0 fully saturated rings. The highest BCUT2D eigenvalue weighted by molar-refractivity contribution is 6.68. The van der Waals surface area contributed by atoms with E-state index in [0.29, 0.717) is 6.07 Å². The van der Waals surface area contributed by atoms with E-state index in [1.54, 1.807) is 0 Å². The third kappa shape index (κ3) is 3.20. The lowest BCUT2D eigenvalue weighted by Crippen LogP contribution is -2.18. The van der Waals surface area contributed by atoms with Gasteiger partial charge in [-0.3, -0.25) is 4.79 Å². The first-order chi connectivity index (χ1) is 8.50. The molecule has 0 saturated heterocycles. The summed E-state index contributed by atoms with van der Waals surface area (Å²) >= 11 is 5.01. The minimum atomic E-state index is -4.95. The van der Waals surface area contributed by atoms with E-state index in [2.05, 4.69) is 0 Å². The van der Waals surface area contributed by atoms with Gasteiger partial charge in [0.1, 0.15) is 0 Å². The second kappa shape index (κ2) is 5.03. The van der Waals surface area contributed by atoms with Gasteiger partial charge in [0, 0.05) is 0 Å². The second-order valence-electron chi connectivity index (χ2n) is 3.64. The molecule has 0 bridgehead atoms. The van der Waals surface area contributed by atoms with Crippen molar-refractivity contribution >= 4 is 16.8 Å². The molecule has 1 aromatic rings. The summed E-state index contributed by atoms with van der Waals surface area (Å²) in [5.41, 5.74) is -4.63. The average molecular weight is 305 g/mol. The van der Waals surface area contributed by atoms with Gasteiger partial charge in [0.2, 0.25) is 0 Å². The molecule has 0 atom stereocenters. The minimum Gasteiger partial charge on any atom is -0.276 e. The minimum absolute atomic E-state index is 0.220. The van der Waals surface area contributed by atoms with Gasteiger partial charge in [-0.15, -0.1) is 0 Å². The Morgan fingerprint density at radius 2 is 1.47 bits per heavy atom. The number of carbonyl (C=O) groups excluding carboxylic acids is 1. The highest BCUT2D eigenvalue weighted by Gasteiger charge is 2.41. The Balaban J connectivity index is 3.72. The zero-order valence-electron chi connectivity index (χ0n) is 9.42. The summed E-state index contributed by atoms with van der Waals surface area (Å²) in [5, 5.41) is -1.56. The molecule has 1 rings (SSSR count). The molecule has 0 aliphatic rings. The van der Waals surface area contributed by atoms with Gasteiger partial charge in [0.25, 0.3) is 5.24 Å². The highest BCUT2D eigenvalue weighted by Crippen LogP contribution is 2.40. The largest absolute Gasteiger partial charge is 0.417 e. The van der Waals surface area contributed by atoms with Gasteiger partial charge in [-0.25, -0.2) is 0 Å². The third-order valence-electron chi connectivity index (χ3n) is 2.47. The summed E-state index contributed by atoms with van der Waals surface area (Å²) in [6, 6.07) is 0.530. The van der Waals surface area contributed by atoms with E-state index in [0.717, 1.165) is 0 Å². The van der Waals surface area contributed by atoms with Gasteiger partial charge in [-0.2, -0.15) is 26.3 Å². The molecule has 0 aliphatic heterocycles. The van der Waals surface area contributed by atoms with Crippen LogP contribution in [-0.2, 0) is 18.8 Å². The van der Waals surface area contributed by atoms with Crippen LogP contribution >= 0.6 is 11.6 Å². The monoisotopic (exact) mass is 304 g/mol. The SMILES string of the molecule is CCc1c(C(F)(F)F)ccc(C(F)(F)F)c1C(=O)Cl. The van der Waals surface area contributed by atoms with Gasteiger partial charge in [-0.1, -0.05) is 6.92 Å². The van der Waals surface area contributed by atoms with Crippen LogP contribution in [0.15, 0.2) is 12.1 Å². The van der Waals surface area contributed by atoms with Crippen molar-refractivity contribution < 1.29 is 31.1 Å². The number of benzene rings is 1. The van der Waals surface area contributed by atoms with Crippen LogP contribution in [0.2, 0.25) is 0 Å². The second-order valence-corrected chi connectivity index (χ2v) is 3.98. The summed E-state index contributed by atoms with van der Waals surface area (Å²) in [5.74, 6) is 0. The molecular weight excluding hydrogens is 298 g/mol. The molecule has 1 aromatic carbocycles. The van der Waals surface area contributed by atoms with Crippen molar-refractivity contribution in [3.05, 3.63) is 34.4 Å². The van der Waals surface area contributed by atoms with Crippen LogP contribution in [0.25, 0.3) is 0 Å². The van der Waals surface area contributed by atoms with Gasteiger partial charge < -0.3 is 0 Å². The molecular formula is C11H7ClF6O. The van der Waals surface area contributed by atoms with E-state index < -0.39 is 46.3 Å². The van der Waals surface area contributed by atoms with Crippen LogP contribution in [-0.4, -0.2) is 5.24 Å². The quantitative estimate of drug-likeness (QED) is 0.573. The van der Waals surface area contributed by atoms with E-state index in [-0.39, 0.29) is 6.07 Å². The van der Waals surface area contributed by atoms with E-state index in [9.17, 15) is 31.1 Å². The Kier molecular flexibility index (Phi) is 4.19. The van der Waals surface area contributed by atoms with Gasteiger partial charge in [0.05, 0.1) is 16.7 Å². The van der Waals surface area contributed by atoms with Crippen molar-refractivity contribution in [1.82, 2.24) is 0 Å². The van der Waals surface area contributed by atoms with Crippen LogP contribution in [0.4, 0.5) is 26.3 Å². The lowest BCUT2D eigenvalue weighted by atomic mass is 9.94. The smallest absolute Gasteiger partial charge is 0.276 e. The Morgan fingerprint density at radius 1 is 1.05 bits per heavy atom. The fraction of sp³-hybridized carbons (Fsp3) is 0.364. The Bertz CT molecular complexity index is 503. The lowest BCUT2D eigenvalue weighted by molar-refractivity contribution is -0.142. The molecule has 0 aromatic heterocycles. The van der Waals surface area contributed by atoms with Crippen LogP contribution < -0.4 is 0 Å². The van der Waals surface area contributed by atoms with E-state index in [1.807, 2.05) is 0 Å². The summed E-state index contributed by atoms with van der Waals surface area (Å²) in [4.78, 5) is 11.1. The molecule has 0 unspecified atom stereocenters. The molecule has 19 heavy (non-hydrogen) atoms. The van der Waals surface area contributed by atoms with Crippen molar-refractivity contribution in [2.45, 2.75) is 25.7 Å². The topological polar surface area (TPSA) is 17.1 Å². The normalized spacial score (nSPS) is 12.6. The zero-order chi connectivity index (χ0) is 15.0. The van der Waals surface area contributed by atoms with Crippen LogP contribution in [0.3, 0.4) is 0 Å². The molecule has 0 N–H and O–H groups in total. The Labute approximate surface area is 109 Å². The first kappa shape index (κ1) is 15.8. The third-order valence-corrected chi connectivity index (χ3v) is 2.66. The molecule has 0 aliphatic carbocycles. The predicted octanol–water partition coefficient (Wildman–Crippen LogP) is 4.67.